The molecule has 0 radical (unpaired) electrons. The molecule has 2 aromatic rings. The Morgan fingerprint density at radius 3 is 2.29 bits per heavy atom. The van der Waals surface area contributed by atoms with E-state index in [9.17, 15) is 32.3 Å². The molecule has 0 aliphatic heterocycles. The van der Waals surface area contributed by atoms with Crippen molar-refractivity contribution in [3.63, 3.8) is 0 Å². The Bertz CT molecular complexity index is 960. The summed E-state index contributed by atoms with van der Waals surface area (Å²) >= 11 is 0. The number of carboxylic acid groups (broad SMARTS) is 1. The molecule has 1 unspecified atom stereocenters. The molecule has 0 aromatic heterocycles. The van der Waals surface area contributed by atoms with Crippen molar-refractivity contribution in [3.8, 4) is 0 Å². The number of nitrogens with one attached hydrogen (secondary N) is 2. The molecule has 1 aliphatic carbocycles. The van der Waals surface area contributed by atoms with Crippen LogP contribution < -0.4 is 10.6 Å². The summed E-state index contributed by atoms with van der Waals surface area (Å²) in [4.78, 5) is 24.9. The van der Waals surface area contributed by atoms with Crippen molar-refractivity contribution in [3.05, 3.63) is 59.4 Å². The third-order valence-corrected chi connectivity index (χ3v) is 5.70. The summed E-state index contributed by atoms with van der Waals surface area (Å²) in [6.45, 7) is 0. The molecule has 5 nitrogen and oxygen atoms in total. The van der Waals surface area contributed by atoms with E-state index in [2.05, 4.69) is 10.6 Å². The van der Waals surface area contributed by atoms with Crippen LogP contribution in [0.5, 0.6) is 0 Å². The van der Waals surface area contributed by atoms with Crippen molar-refractivity contribution in [1.82, 2.24) is 0 Å². The van der Waals surface area contributed by atoms with Crippen molar-refractivity contribution < 1.29 is 32.3 Å². The molecule has 3 rings (SSSR count). The Kier molecular flexibility index (Phi) is 6.52. The summed E-state index contributed by atoms with van der Waals surface area (Å²) in [5, 5.41) is 15.1. The molecule has 0 bridgehead atoms. The monoisotopic (exact) mass is 438 g/mol. The molecule has 1 aliphatic rings. The van der Waals surface area contributed by atoms with Crippen molar-refractivity contribution in [2.75, 3.05) is 17.7 Å². The van der Waals surface area contributed by atoms with Crippen LogP contribution in [0.3, 0.4) is 0 Å². The molecule has 1 fully saturated rings. The standard InChI is InChI=1S/C22H22F4N2O3/c1-27-14-8-5-12(6-9-14)15-3-2-4-16(19(15)21(30)31)20(29)28-18-10-7-13(11-17(18)23)22(24,25)26/h5-11,15-16,19,27H,2-4H2,1H3,(H,28,29)(H,30,31)/t15-,16-,19?/m1/s1. The SMILES string of the molecule is CNc1ccc([C@H]2CCC[C@@H](C(=O)Nc3ccc(C(F)(F)F)cc3F)C2C(=O)O)cc1. The number of anilines is 2. The fraction of sp³-hybridized carbons (Fsp3) is 0.364. The second kappa shape index (κ2) is 8.95. The molecule has 2 aromatic carbocycles. The zero-order valence-corrected chi connectivity index (χ0v) is 16.7. The highest BCUT2D eigenvalue weighted by Crippen LogP contribution is 2.42. The topological polar surface area (TPSA) is 78.4 Å². The summed E-state index contributed by atoms with van der Waals surface area (Å²) in [7, 11) is 1.76. The van der Waals surface area contributed by atoms with E-state index in [4.69, 9.17) is 0 Å². The first-order valence-corrected chi connectivity index (χ1v) is 9.80. The van der Waals surface area contributed by atoms with Crippen molar-refractivity contribution >= 4 is 23.3 Å². The third-order valence-electron chi connectivity index (χ3n) is 5.70. The van der Waals surface area contributed by atoms with Gasteiger partial charge in [-0.15, -0.1) is 0 Å². The van der Waals surface area contributed by atoms with Gasteiger partial charge in [-0.05, 0) is 54.7 Å². The van der Waals surface area contributed by atoms with Crippen LogP contribution in [0, 0.1) is 17.7 Å². The average Bonchev–Trinajstić information content (AvgIpc) is 2.73. The highest BCUT2D eigenvalue weighted by Gasteiger charge is 2.43. The first-order valence-electron chi connectivity index (χ1n) is 9.80. The Morgan fingerprint density at radius 1 is 1.06 bits per heavy atom. The van der Waals surface area contributed by atoms with E-state index in [1.54, 1.807) is 7.05 Å². The number of halogens is 4. The first-order chi connectivity index (χ1) is 14.6. The zero-order valence-electron chi connectivity index (χ0n) is 16.7. The fourth-order valence-corrected chi connectivity index (χ4v) is 4.12. The van der Waals surface area contributed by atoms with Crippen LogP contribution >= 0.6 is 0 Å². The Balaban J connectivity index is 1.83. The zero-order chi connectivity index (χ0) is 22.8. The number of carbonyl (C=O) groups is 2. The van der Waals surface area contributed by atoms with Gasteiger partial charge in [0.2, 0.25) is 5.91 Å². The number of carboxylic acids is 1. The highest BCUT2D eigenvalue weighted by atomic mass is 19.4. The highest BCUT2D eigenvalue weighted by molar-refractivity contribution is 5.95. The molecule has 0 saturated heterocycles. The molecule has 0 spiro atoms. The average molecular weight is 438 g/mol. The third kappa shape index (κ3) is 4.98. The van der Waals surface area contributed by atoms with Gasteiger partial charge in [0, 0.05) is 12.7 Å². The van der Waals surface area contributed by atoms with E-state index < -0.39 is 52.9 Å². The maximum absolute atomic E-state index is 14.1. The van der Waals surface area contributed by atoms with Crippen LogP contribution in [0.4, 0.5) is 28.9 Å². The second-order valence-corrected chi connectivity index (χ2v) is 7.56. The fourth-order valence-electron chi connectivity index (χ4n) is 4.12. The van der Waals surface area contributed by atoms with E-state index in [0.29, 0.717) is 25.0 Å². The number of carbonyl (C=O) groups excluding carboxylic acids is 1. The maximum atomic E-state index is 14.1. The normalized spacial score (nSPS) is 21.4. The van der Waals surface area contributed by atoms with Crippen molar-refractivity contribution in [2.45, 2.75) is 31.4 Å². The first kappa shape index (κ1) is 22.6. The summed E-state index contributed by atoms with van der Waals surface area (Å²) in [5.41, 5.74) is 0.0555. The molecule has 9 heteroatoms. The molecule has 3 N–H and O–H groups in total. The van der Waals surface area contributed by atoms with Gasteiger partial charge in [-0.3, -0.25) is 9.59 Å². The summed E-state index contributed by atoms with van der Waals surface area (Å²) < 4.78 is 52.3. The predicted octanol–water partition coefficient (Wildman–Crippen LogP) is 5.11. The van der Waals surface area contributed by atoms with Crippen LogP contribution in [-0.2, 0) is 15.8 Å². The molecule has 31 heavy (non-hydrogen) atoms. The minimum atomic E-state index is -4.71. The lowest BCUT2D eigenvalue weighted by Gasteiger charge is -2.35. The second-order valence-electron chi connectivity index (χ2n) is 7.56. The van der Waals surface area contributed by atoms with Gasteiger partial charge in [-0.25, -0.2) is 4.39 Å². The van der Waals surface area contributed by atoms with Crippen LogP contribution in [0.25, 0.3) is 0 Å². The van der Waals surface area contributed by atoms with Gasteiger partial charge in [-0.1, -0.05) is 18.6 Å². The maximum Gasteiger partial charge on any atom is 0.416 e. The van der Waals surface area contributed by atoms with Gasteiger partial charge in [0.25, 0.3) is 0 Å². The smallest absolute Gasteiger partial charge is 0.416 e. The molecular formula is C22H22F4N2O3. The summed E-state index contributed by atoms with van der Waals surface area (Å²) in [6.07, 6.45) is -3.25. The van der Waals surface area contributed by atoms with Gasteiger partial charge in [0.1, 0.15) is 5.82 Å². The van der Waals surface area contributed by atoms with Gasteiger partial charge >= 0.3 is 12.1 Å². The Morgan fingerprint density at radius 2 is 1.74 bits per heavy atom. The number of rotatable bonds is 5. The van der Waals surface area contributed by atoms with E-state index in [1.807, 2.05) is 24.3 Å². The van der Waals surface area contributed by atoms with Gasteiger partial charge in [0.05, 0.1) is 23.1 Å². The van der Waals surface area contributed by atoms with E-state index in [0.717, 1.165) is 17.3 Å². The molecule has 1 saturated carbocycles. The van der Waals surface area contributed by atoms with Crippen molar-refractivity contribution in [2.24, 2.45) is 11.8 Å². The number of aliphatic carboxylic acids is 1. The number of hydrogen-bond donors (Lipinski definition) is 3. The lowest BCUT2D eigenvalue weighted by Crippen LogP contribution is -2.40. The molecule has 166 valence electrons. The largest absolute Gasteiger partial charge is 0.481 e. The van der Waals surface area contributed by atoms with E-state index in [-0.39, 0.29) is 6.42 Å². The lowest BCUT2D eigenvalue weighted by atomic mass is 9.69. The predicted molar refractivity (Wildman–Crippen MR) is 107 cm³/mol. The number of amides is 1. The number of hydrogen-bond acceptors (Lipinski definition) is 3. The van der Waals surface area contributed by atoms with Crippen LogP contribution in [0.1, 0.15) is 36.3 Å². The van der Waals surface area contributed by atoms with E-state index in [1.165, 1.54) is 0 Å². The van der Waals surface area contributed by atoms with E-state index >= 15 is 0 Å². The molecule has 3 atom stereocenters. The minimum Gasteiger partial charge on any atom is -0.481 e. The quantitative estimate of drug-likeness (QED) is 0.567. The van der Waals surface area contributed by atoms with Crippen LogP contribution in [0.2, 0.25) is 0 Å². The van der Waals surface area contributed by atoms with Gasteiger partial charge < -0.3 is 15.7 Å². The molecule has 1 amide bonds. The Hall–Kier alpha value is -3.10. The van der Waals surface area contributed by atoms with Crippen LogP contribution in [0.15, 0.2) is 42.5 Å². The summed E-state index contributed by atoms with van der Waals surface area (Å²) in [5.74, 6) is -5.48. The van der Waals surface area contributed by atoms with Crippen molar-refractivity contribution in [1.29, 1.82) is 0 Å². The van der Waals surface area contributed by atoms with Gasteiger partial charge in [0.15, 0.2) is 0 Å². The minimum absolute atomic E-state index is 0.288. The van der Waals surface area contributed by atoms with Gasteiger partial charge in [-0.2, -0.15) is 13.2 Å². The van der Waals surface area contributed by atoms with Crippen LogP contribution in [-0.4, -0.2) is 24.0 Å². The lowest BCUT2D eigenvalue weighted by molar-refractivity contribution is -0.148. The molecule has 0 heterocycles. The summed E-state index contributed by atoms with van der Waals surface area (Å²) in [6, 6.07) is 9.05. The number of alkyl halides is 3. The Labute approximate surface area is 176 Å². The number of benzene rings is 2. The molecular weight excluding hydrogens is 416 g/mol.